The molecule has 0 spiro atoms. The van der Waals surface area contributed by atoms with E-state index in [2.05, 4.69) is 5.10 Å². The van der Waals surface area contributed by atoms with Crippen LogP contribution in [0.15, 0.2) is 30.3 Å². The van der Waals surface area contributed by atoms with Gasteiger partial charge in [0, 0.05) is 11.6 Å². The Kier molecular flexibility index (Phi) is 2.32. The molecule has 0 saturated heterocycles. The first-order valence-corrected chi connectivity index (χ1v) is 4.54. The van der Waals surface area contributed by atoms with E-state index in [-0.39, 0.29) is 17.6 Å². The molecule has 1 aromatic heterocycles. The number of rotatable bonds is 1. The molecule has 2 rings (SSSR count). The summed E-state index contributed by atoms with van der Waals surface area (Å²) >= 11 is 0. The zero-order valence-corrected chi connectivity index (χ0v) is 8.31. The number of halogens is 1. The molecule has 2 aromatic rings. The number of nitrogen functional groups attached to an aromatic ring is 2. The summed E-state index contributed by atoms with van der Waals surface area (Å²) < 4.78 is 13.8. The van der Waals surface area contributed by atoms with Crippen molar-refractivity contribution in [2.75, 3.05) is 5.73 Å². The normalized spacial score (nSPS) is 10.3. The highest BCUT2D eigenvalue weighted by atomic mass is 19.1. The van der Waals surface area contributed by atoms with Gasteiger partial charge in [0.15, 0.2) is 0 Å². The summed E-state index contributed by atoms with van der Waals surface area (Å²) in [6, 6.07) is 7.41. The highest BCUT2D eigenvalue weighted by Crippen LogP contribution is 2.20. The predicted octanol–water partition coefficient (Wildman–Crippen LogP) is 1.01. The van der Waals surface area contributed by atoms with Crippen LogP contribution in [-0.2, 0) is 0 Å². The van der Waals surface area contributed by atoms with Crippen molar-refractivity contribution in [3.8, 4) is 11.3 Å². The summed E-state index contributed by atoms with van der Waals surface area (Å²) in [5.74, 6) is -0.305. The molecule has 0 radical (unpaired) electrons. The molecule has 0 aliphatic carbocycles. The van der Waals surface area contributed by atoms with Gasteiger partial charge in [0.05, 0.1) is 5.69 Å². The van der Waals surface area contributed by atoms with Crippen molar-refractivity contribution in [3.63, 3.8) is 0 Å². The lowest BCUT2D eigenvalue weighted by atomic mass is 10.1. The molecular formula is C10H10FN5. The van der Waals surface area contributed by atoms with Gasteiger partial charge in [0.25, 0.3) is 0 Å². The van der Waals surface area contributed by atoms with E-state index in [1.807, 2.05) is 0 Å². The van der Waals surface area contributed by atoms with Gasteiger partial charge in [-0.15, -0.1) is 0 Å². The minimum atomic E-state index is -0.317. The lowest BCUT2D eigenvalue weighted by Crippen LogP contribution is -2.23. The Morgan fingerprint density at radius 2 is 1.94 bits per heavy atom. The zero-order valence-electron chi connectivity index (χ0n) is 8.31. The number of aromatic nitrogens is 2. The van der Waals surface area contributed by atoms with Crippen LogP contribution in [-0.4, -0.2) is 15.7 Å². The van der Waals surface area contributed by atoms with E-state index in [4.69, 9.17) is 16.9 Å². The fourth-order valence-electron chi connectivity index (χ4n) is 1.35. The Balaban J connectivity index is 2.45. The van der Waals surface area contributed by atoms with Crippen LogP contribution in [0, 0.1) is 11.2 Å². The molecule has 0 saturated carbocycles. The van der Waals surface area contributed by atoms with Crippen molar-refractivity contribution in [2.24, 2.45) is 5.73 Å². The molecule has 0 amide bonds. The van der Waals surface area contributed by atoms with Crippen LogP contribution in [0.2, 0.25) is 0 Å². The van der Waals surface area contributed by atoms with Gasteiger partial charge >= 0.3 is 0 Å². The van der Waals surface area contributed by atoms with E-state index in [0.717, 1.165) is 4.68 Å². The SMILES string of the molecule is N=C(N)n1nc(-c2ccc(F)cc2)cc1N. The van der Waals surface area contributed by atoms with E-state index in [1.54, 1.807) is 18.2 Å². The summed E-state index contributed by atoms with van der Waals surface area (Å²) in [7, 11) is 0. The van der Waals surface area contributed by atoms with Gasteiger partial charge in [-0.3, -0.25) is 5.41 Å². The Morgan fingerprint density at radius 1 is 1.31 bits per heavy atom. The second kappa shape index (κ2) is 3.65. The molecule has 5 nitrogen and oxygen atoms in total. The second-order valence-electron chi connectivity index (χ2n) is 3.26. The van der Waals surface area contributed by atoms with E-state index >= 15 is 0 Å². The van der Waals surface area contributed by atoms with E-state index in [0.29, 0.717) is 11.3 Å². The Morgan fingerprint density at radius 3 is 2.44 bits per heavy atom. The molecular weight excluding hydrogens is 209 g/mol. The molecule has 5 N–H and O–H groups in total. The first-order chi connectivity index (χ1) is 7.58. The topological polar surface area (TPSA) is 93.7 Å². The fraction of sp³-hybridized carbons (Fsp3) is 0. The zero-order chi connectivity index (χ0) is 11.7. The number of nitrogens with two attached hydrogens (primary N) is 2. The van der Waals surface area contributed by atoms with Gasteiger partial charge in [0.1, 0.15) is 11.6 Å². The monoisotopic (exact) mass is 219 g/mol. The standard InChI is InChI=1S/C10H10FN5/c11-7-3-1-6(2-4-7)8-5-9(12)16(15-8)10(13)14/h1-5H,12H2,(H3,13,14). The largest absolute Gasteiger partial charge is 0.383 e. The van der Waals surface area contributed by atoms with Crippen molar-refractivity contribution >= 4 is 11.8 Å². The van der Waals surface area contributed by atoms with Crippen molar-refractivity contribution < 1.29 is 4.39 Å². The van der Waals surface area contributed by atoms with Gasteiger partial charge in [-0.2, -0.15) is 9.78 Å². The van der Waals surface area contributed by atoms with Crippen LogP contribution < -0.4 is 11.5 Å². The Hall–Kier alpha value is -2.37. The average molecular weight is 219 g/mol. The average Bonchev–Trinajstić information content (AvgIpc) is 2.61. The summed E-state index contributed by atoms with van der Waals surface area (Å²) in [6.07, 6.45) is 0. The highest BCUT2D eigenvalue weighted by molar-refractivity contribution is 5.81. The molecule has 0 fully saturated rings. The fourth-order valence-corrected chi connectivity index (χ4v) is 1.35. The number of benzene rings is 1. The van der Waals surface area contributed by atoms with Crippen molar-refractivity contribution in [1.82, 2.24) is 9.78 Å². The molecule has 6 heteroatoms. The maximum atomic E-state index is 12.7. The smallest absolute Gasteiger partial charge is 0.215 e. The lowest BCUT2D eigenvalue weighted by Gasteiger charge is -1.98. The van der Waals surface area contributed by atoms with Crippen LogP contribution in [0.3, 0.4) is 0 Å². The molecule has 0 aliphatic rings. The molecule has 0 bridgehead atoms. The van der Waals surface area contributed by atoms with E-state index in [1.165, 1.54) is 12.1 Å². The van der Waals surface area contributed by atoms with Gasteiger partial charge in [-0.25, -0.2) is 4.39 Å². The Labute approximate surface area is 91.0 Å². The van der Waals surface area contributed by atoms with E-state index in [9.17, 15) is 4.39 Å². The number of nitrogens with zero attached hydrogens (tertiary/aromatic N) is 2. The molecule has 0 aliphatic heterocycles. The minimum absolute atomic E-state index is 0.258. The Bertz CT molecular complexity index is 529. The van der Waals surface area contributed by atoms with Crippen molar-refractivity contribution in [2.45, 2.75) is 0 Å². The van der Waals surface area contributed by atoms with Crippen LogP contribution in [0.25, 0.3) is 11.3 Å². The predicted molar refractivity (Wildman–Crippen MR) is 59.3 cm³/mol. The summed E-state index contributed by atoms with van der Waals surface area (Å²) in [5.41, 5.74) is 12.2. The maximum absolute atomic E-state index is 12.7. The quantitative estimate of drug-likeness (QED) is 0.493. The molecule has 0 atom stereocenters. The van der Waals surface area contributed by atoms with Gasteiger partial charge in [0.2, 0.25) is 5.96 Å². The first kappa shape index (κ1) is 10.2. The minimum Gasteiger partial charge on any atom is -0.383 e. The summed E-state index contributed by atoms with van der Waals surface area (Å²) in [5, 5.41) is 11.3. The van der Waals surface area contributed by atoms with Gasteiger partial charge < -0.3 is 11.5 Å². The maximum Gasteiger partial charge on any atom is 0.215 e. The number of hydrogen-bond donors (Lipinski definition) is 3. The van der Waals surface area contributed by atoms with Crippen molar-refractivity contribution in [1.29, 1.82) is 5.41 Å². The van der Waals surface area contributed by atoms with Crippen LogP contribution >= 0.6 is 0 Å². The van der Waals surface area contributed by atoms with Crippen LogP contribution in [0.1, 0.15) is 0 Å². The highest BCUT2D eigenvalue weighted by Gasteiger charge is 2.08. The third-order valence-corrected chi connectivity index (χ3v) is 2.11. The summed E-state index contributed by atoms with van der Waals surface area (Å²) in [4.78, 5) is 0. The van der Waals surface area contributed by atoms with Crippen LogP contribution in [0.4, 0.5) is 10.2 Å². The van der Waals surface area contributed by atoms with Crippen molar-refractivity contribution in [3.05, 3.63) is 36.1 Å². The van der Waals surface area contributed by atoms with Gasteiger partial charge in [-0.1, -0.05) is 0 Å². The molecule has 0 unspecified atom stereocenters. The van der Waals surface area contributed by atoms with E-state index < -0.39 is 0 Å². The number of hydrogen-bond acceptors (Lipinski definition) is 3. The number of nitrogens with one attached hydrogen (secondary N) is 1. The third kappa shape index (κ3) is 1.72. The first-order valence-electron chi connectivity index (χ1n) is 4.54. The molecule has 16 heavy (non-hydrogen) atoms. The summed E-state index contributed by atoms with van der Waals surface area (Å²) in [6.45, 7) is 0. The van der Waals surface area contributed by atoms with Crippen LogP contribution in [0.5, 0.6) is 0 Å². The second-order valence-corrected chi connectivity index (χ2v) is 3.26. The molecule has 1 aromatic carbocycles. The van der Waals surface area contributed by atoms with Gasteiger partial charge in [-0.05, 0) is 24.3 Å². The number of anilines is 1. The lowest BCUT2D eigenvalue weighted by molar-refractivity contribution is 0.628. The molecule has 1 heterocycles. The third-order valence-electron chi connectivity index (χ3n) is 2.11. The molecule has 82 valence electrons.